The van der Waals surface area contributed by atoms with Gasteiger partial charge < -0.3 is 5.32 Å². The zero-order chi connectivity index (χ0) is 12.5. The number of sulfonamides is 1. The van der Waals surface area contributed by atoms with Crippen molar-refractivity contribution in [1.82, 2.24) is 10.0 Å². The Bertz CT molecular complexity index is 544. The maximum absolute atomic E-state index is 12.9. The summed E-state index contributed by atoms with van der Waals surface area (Å²) in [6.45, 7) is 0.257. The third-order valence-corrected chi connectivity index (χ3v) is 3.92. The lowest BCUT2D eigenvalue weighted by atomic mass is 10.3. The van der Waals surface area contributed by atoms with Gasteiger partial charge >= 0.3 is 0 Å². The van der Waals surface area contributed by atoms with E-state index in [9.17, 15) is 17.6 Å². The molecule has 1 aliphatic heterocycles. The first-order valence-electron chi connectivity index (χ1n) is 5.02. The number of nitrogens with one attached hydrogen (secondary N) is 2. The standard InChI is InChI=1S/C10H11FN2O3S/c11-7-2-1-3-9(4-7)17(15,16)13-8-5-10(14)12-6-8/h1-4,8,13H,5-6H2,(H,12,14). The normalized spacial score (nSPS) is 20.3. The van der Waals surface area contributed by atoms with Gasteiger partial charge in [-0.1, -0.05) is 6.07 Å². The maximum atomic E-state index is 12.9. The van der Waals surface area contributed by atoms with Crippen LogP contribution in [0.5, 0.6) is 0 Å². The van der Waals surface area contributed by atoms with Gasteiger partial charge in [-0.2, -0.15) is 0 Å². The predicted molar refractivity (Wildman–Crippen MR) is 58.1 cm³/mol. The Morgan fingerprint density at radius 2 is 2.18 bits per heavy atom. The minimum atomic E-state index is -3.77. The summed E-state index contributed by atoms with van der Waals surface area (Å²) in [6, 6.07) is 4.25. The van der Waals surface area contributed by atoms with Gasteiger partial charge in [-0.15, -0.1) is 0 Å². The lowest BCUT2D eigenvalue weighted by Gasteiger charge is -2.11. The Hall–Kier alpha value is -1.47. The van der Waals surface area contributed by atoms with E-state index in [1.54, 1.807) is 0 Å². The number of carbonyl (C=O) groups excluding carboxylic acids is 1. The molecule has 0 radical (unpaired) electrons. The fourth-order valence-corrected chi connectivity index (χ4v) is 2.88. The van der Waals surface area contributed by atoms with E-state index in [4.69, 9.17) is 0 Å². The van der Waals surface area contributed by atoms with Crippen LogP contribution >= 0.6 is 0 Å². The third kappa shape index (κ3) is 2.80. The van der Waals surface area contributed by atoms with Gasteiger partial charge in [-0.25, -0.2) is 17.5 Å². The summed E-state index contributed by atoms with van der Waals surface area (Å²) < 4.78 is 38.9. The van der Waals surface area contributed by atoms with Crippen LogP contribution in [0.4, 0.5) is 4.39 Å². The van der Waals surface area contributed by atoms with Gasteiger partial charge in [0.2, 0.25) is 15.9 Å². The average Bonchev–Trinajstić information content (AvgIpc) is 2.63. The molecule has 1 heterocycles. The molecular formula is C10H11FN2O3S. The first-order valence-corrected chi connectivity index (χ1v) is 6.50. The molecule has 0 aliphatic carbocycles. The van der Waals surface area contributed by atoms with Crippen LogP contribution in [-0.4, -0.2) is 26.9 Å². The maximum Gasteiger partial charge on any atom is 0.240 e. The van der Waals surface area contributed by atoms with Crippen LogP contribution in [0.15, 0.2) is 29.2 Å². The lowest BCUT2D eigenvalue weighted by Crippen LogP contribution is -2.36. The SMILES string of the molecule is O=C1CC(NS(=O)(=O)c2cccc(F)c2)CN1. The van der Waals surface area contributed by atoms with Crippen LogP contribution in [0.25, 0.3) is 0 Å². The van der Waals surface area contributed by atoms with E-state index in [1.165, 1.54) is 18.2 Å². The topological polar surface area (TPSA) is 75.3 Å². The number of benzene rings is 1. The van der Waals surface area contributed by atoms with Crippen molar-refractivity contribution < 1.29 is 17.6 Å². The van der Waals surface area contributed by atoms with Crippen LogP contribution in [0.3, 0.4) is 0 Å². The van der Waals surface area contributed by atoms with E-state index >= 15 is 0 Å². The van der Waals surface area contributed by atoms with Crippen molar-refractivity contribution in [2.45, 2.75) is 17.4 Å². The molecule has 2 N–H and O–H groups in total. The average molecular weight is 258 g/mol. The summed E-state index contributed by atoms with van der Waals surface area (Å²) in [5, 5.41) is 2.52. The molecule has 1 saturated heterocycles. The molecule has 0 saturated carbocycles. The Morgan fingerprint density at radius 1 is 1.41 bits per heavy atom. The van der Waals surface area contributed by atoms with Crippen LogP contribution < -0.4 is 10.0 Å². The quantitative estimate of drug-likeness (QED) is 0.801. The fourth-order valence-electron chi connectivity index (χ4n) is 1.61. The summed E-state index contributed by atoms with van der Waals surface area (Å²) in [5.41, 5.74) is 0. The smallest absolute Gasteiger partial charge is 0.240 e. The largest absolute Gasteiger partial charge is 0.354 e. The summed E-state index contributed by atoms with van der Waals surface area (Å²) in [4.78, 5) is 10.8. The van der Waals surface area contributed by atoms with Crippen molar-refractivity contribution >= 4 is 15.9 Å². The number of halogens is 1. The highest BCUT2D eigenvalue weighted by Crippen LogP contribution is 2.12. The van der Waals surface area contributed by atoms with Crippen LogP contribution in [0.1, 0.15) is 6.42 Å². The molecule has 5 nitrogen and oxygen atoms in total. The number of hydrogen-bond acceptors (Lipinski definition) is 3. The molecule has 0 spiro atoms. The number of carbonyl (C=O) groups is 1. The summed E-state index contributed by atoms with van der Waals surface area (Å²) in [5.74, 6) is -0.814. The molecule has 1 aromatic rings. The van der Waals surface area contributed by atoms with Crippen LogP contribution in [0.2, 0.25) is 0 Å². The Labute approximate surface area is 98.1 Å². The minimum Gasteiger partial charge on any atom is -0.354 e. The van der Waals surface area contributed by atoms with Crippen molar-refractivity contribution in [2.75, 3.05) is 6.54 Å². The zero-order valence-corrected chi connectivity index (χ0v) is 9.63. The van der Waals surface area contributed by atoms with Crippen LogP contribution in [0, 0.1) is 5.82 Å². The van der Waals surface area contributed by atoms with Gasteiger partial charge in [0.25, 0.3) is 0 Å². The Morgan fingerprint density at radius 3 is 2.76 bits per heavy atom. The second kappa shape index (κ2) is 4.42. The van der Waals surface area contributed by atoms with E-state index in [1.807, 2.05) is 0 Å². The Balaban J connectivity index is 2.17. The highest BCUT2D eigenvalue weighted by molar-refractivity contribution is 7.89. The molecule has 0 aromatic heterocycles. The van der Waals surface area contributed by atoms with E-state index in [0.717, 1.165) is 6.07 Å². The van der Waals surface area contributed by atoms with Gasteiger partial charge in [-0.3, -0.25) is 4.79 Å². The summed E-state index contributed by atoms with van der Waals surface area (Å²) >= 11 is 0. The Kier molecular flexibility index (Phi) is 3.12. The monoisotopic (exact) mass is 258 g/mol. The zero-order valence-electron chi connectivity index (χ0n) is 8.81. The summed E-state index contributed by atoms with van der Waals surface area (Å²) in [7, 11) is -3.77. The molecule has 1 aliphatic rings. The molecule has 17 heavy (non-hydrogen) atoms. The van der Waals surface area contributed by atoms with Crippen molar-refractivity contribution in [1.29, 1.82) is 0 Å². The number of hydrogen-bond donors (Lipinski definition) is 2. The van der Waals surface area contributed by atoms with E-state index in [2.05, 4.69) is 10.0 Å². The van der Waals surface area contributed by atoms with Crippen molar-refractivity contribution in [2.24, 2.45) is 0 Å². The van der Waals surface area contributed by atoms with Gasteiger partial charge in [-0.05, 0) is 18.2 Å². The van der Waals surface area contributed by atoms with Gasteiger partial charge in [0.05, 0.1) is 4.90 Å². The summed E-state index contributed by atoms with van der Waals surface area (Å²) in [6.07, 6.45) is 0.106. The first kappa shape index (κ1) is 12.0. The molecule has 2 rings (SSSR count). The minimum absolute atomic E-state index is 0.106. The predicted octanol–water partition coefficient (Wildman–Crippen LogP) is -0.00750. The molecule has 0 bridgehead atoms. The molecule has 7 heteroatoms. The second-order valence-electron chi connectivity index (χ2n) is 3.78. The molecule has 92 valence electrons. The highest BCUT2D eigenvalue weighted by atomic mass is 32.2. The highest BCUT2D eigenvalue weighted by Gasteiger charge is 2.26. The van der Waals surface area contributed by atoms with Gasteiger partial charge in [0, 0.05) is 19.0 Å². The fraction of sp³-hybridized carbons (Fsp3) is 0.300. The van der Waals surface area contributed by atoms with Gasteiger partial charge in [0.15, 0.2) is 0 Å². The first-order chi connectivity index (χ1) is 7.97. The molecule has 1 fully saturated rings. The third-order valence-electron chi connectivity index (χ3n) is 2.41. The molecule has 1 aromatic carbocycles. The van der Waals surface area contributed by atoms with E-state index < -0.39 is 21.9 Å². The van der Waals surface area contributed by atoms with Crippen molar-refractivity contribution in [3.63, 3.8) is 0 Å². The molecule has 1 amide bonds. The molecular weight excluding hydrogens is 247 g/mol. The number of amides is 1. The van der Waals surface area contributed by atoms with Crippen molar-refractivity contribution in [3.05, 3.63) is 30.1 Å². The lowest BCUT2D eigenvalue weighted by molar-refractivity contribution is -0.119. The molecule has 1 atom stereocenters. The number of rotatable bonds is 3. The second-order valence-corrected chi connectivity index (χ2v) is 5.50. The van der Waals surface area contributed by atoms with Crippen LogP contribution in [-0.2, 0) is 14.8 Å². The van der Waals surface area contributed by atoms with E-state index in [-0.39, 0.29) is 23.8 Å². The van der Waals surface area contributed by atoms with E-state index in [0.29, 0.717) is 0 Å². The molecule has 1 unspecified atom stereocenters. The van der Waals surface area contributed by atoms with Crippen molar-refractivity contribution in [3.8, 4) is 0 Å². The van der Waals surface area contributed by atoms with Gasteiger partial charge in [0.1, 0.15) is 5.82 Å².